The van der Waals surface area contributed by atoms with E-state index in [9.17, 15) is 14.5 Å². The molecule has 2 aromatic rings. The maximum absolute atomic E-state index is 13.1. The summed E-state index contributed by atoms with van der Waals surface area (Å²) in [6, 6.07) is 3.39. The number of halogens is 1. The van der Waals surface area contributed by atoms with Gasteiger partial charge in [-0.3, -0.25) is 10.1 Å². The first-order chi connectivity index (χ1) is 8.58. The molecule has 0 amide bonds. The molecule has 0 aliphatic rings. The summed E-state index contributed by atoms with van der Waals surface area (Å²) < 4.78 is 13.1. The van der Waals surface area contributed by atoms with E-state index >= 15 is 0 Å². The normalized spacial score (nSPS) is 10.3. The lowest BCUT2D eigenvalue weighted by Crippen LogP contribution is -2.03. The Hall–Kier alpha value is -1.95. The van der Waals surface area contributed by atoms with Gasteiger partial charge in [0.2, 0.25) is 0 Å². The van der Waals surface area contributed by atoms with E-state index in [0.717, 1.165) is 29.3 Å². The molecule has 0 aliphatic heterocycles. The second-order valence-electron chi connectivity index (χ2n) is 3.85. The van der Waals surface area contributed by atoms with Crippen LogP contribution < -0.4 is 5.32 Å². The van der Waals surface area contributed by atoms with Crippen LogP contribution in [0.5, 0.6) is 0 Å². The fourth-order valence-corrected chi connectivity index (χ4v) is 2.42. The molecule has 4 nitrogen and oxygen atoms in total. The lowest BCUT2D eigenvalue weighted by Gasteiger charge is -2.07. The van der Waals surface area contributed by atoms with Crippen molar-refractivity contribution in [2.24, 2.45) is 0 Å². The average Bonchev–Trinajstić information content (AvgIpc) is 2.72. The lowest BCUT2D eigenvalue weighted by molar-refractivity contribution is -0.384. The number of nitro groups is 1. The van der Waals surface area contributed by atoms with Gasteiger partial charge >= 0.3 is 0 Å². The summed E-state index contributed by atoms with van der Waals surface area (Å²) in [7, 11) is 0. The van der Waals surface area contributed by atoms with Crippen molar-refractivity contribution in [1.82, 2.24) is 0 Å². The number of hydrogen-bond acceptors (Lipinski definition) is 4. The maximum atomic E-state index is 13.1. The summed E-state index contributed by atoms with van der Waals surface area (Å²) in [5.74, 6) is -0.495. The van der Waals surface area contributed by atoms with Crippen molar-refractivity contribution in [3.05, 3.63) is 56.0 Å². The molecule has 1 N–H and O–H groups in total. The van der Waals surface area contributed by atoms with Gasteiger partial charge < -0.3 is 5.32 Å². The predicted octanol–water partition coefficient (Wildman–Crippen LogP) is 3.72. The van der Waals surface area contributed by atoms with E-state index in [1.807, 2.05) is 17.7 Å². The average molecular weight is 266 g/mol. The number of nitrogens with one attached hydrogen (secondary N) is 1. The Labute approximate surface area is 107 Å². The van der Waals surface area contributed by atoms with Crippen LogP contribution in [-0.2, 0) is 6.54 Å². The van der Waals surface area contributed by atoms with Gasteiger partial charge in [0.15, 0.2) is 0 Å². The lowest BCUT2D eigenvalue weighted by atomic mass is 10.2. The van der Waals surface area contributed by atoms with Gasteiger partial charge in [0, 0.05) is 18.7 Å². The van der Waals surface area contributed by atoms with Crippen molar-refractivity contribution < 1.29 is 9.31 Å². The fraction of sp³-hybridized carbons (Fsp3) is 0.167. The number of hydrogen-bond donors (Lipinski definition) is 1. The topological polar surface area (TPSA) is 55.2 Å². The minimum absolute atomic E-state index is 0.121. The number of nitrogens with zero attached hydrogens (tertiary/aromatic N) is 1. The van der Waals surface area contributed by atoms with E-state index in [0.29, 0.717) is 6.54 Å². The van der Waals surface area contributed by atoms with Crippen molar-refractivity contribution in [1.29, 1.82) is 0 Å². The van der Waals surface area contributed by atoms with Crippen LogP contribution in [-0.4, -0.2) is 4.92 Å². The number of aryl methyl sites for hydroxylation is 1. The molecule has 6 heteroatoms. The minimum atomic E-state index is -0.526. The van der Waals surface area contributed by atoms with E-state index in [-0.39, 0.29) is 11.4 Å². The molecule has 0 fully saturated rings. The van der Waals surface area contributed by atoms with E-state index in [2.05, 4.69) is 5.32 Å². The van der Waals surface area contributed by atoms with E-state index in [1.165, 1.54) is 0 Å². The van der Waals surface area contributed by atoms with Gasteiger partial charge in [0.05, 0.1) is 4.92 Å². The Balaban J connectivity index is 2.20. The number of nitro benzene ring substituents is 1. The standard InChI is InChI=1S/C12H11FN2O2S/c1-8-6-18-7-9(8)5-14-11-4-10(13)2-3-12(11)15(16)17/h2-4,6-7,14H,5H2,1H3. The number of benzene rings is 1. The van der Waals surface area contributed by atoms with Crippen LogP contribution >= 0.6 is 11.3 Å². The Morgan fingerprint density at radius 2 is 2.22 bits per heavy atom. The van der Waals surface area contributed by atoms with Crippen LogP contribution in [0.1, 0.15) is 11.1 Å². The van der Waals surface area contributed by atoms with E-state index in [4.69, 9.17) is 0 Å². The summed E-state index contributed by atoms with van der Waals surface area (Å²) in [5, 5.41) is 17.7. The zero-order valence-corrected chi connectivity index (χ0v) is 10.5. The Bertz CT molecular complexity index is 583. The minimum Gasteiger partial charge on any atom is -0.375 e. The molecular weight excluding hydrogens is 255 g/mol. The summed E-state index contributed by atoms with van der Waals surface area (Å²) in [5.41, 5.74) is 2.25. The highest BCUT2D eigenvalue weighted by molar-refractivity contribution is 7.08. The van der Waals surface area contributed by atoms with Crippen LogP contribution in [0.15, 0.2) is 29.0 Å². The Kier molecular flexibility index (Phi) is 3.57. The Morgan fingerprint density at radius 1 is 1.44 bits per heavy atom. The zero-order chi connectivity index (χ0) is 13.1. The molecule has 0 radical (unpaired) electrons. The van der Waals surface area contributed by atoms with Crippen LogP contribution in [0.4, 0.5) is 15.8 Å². The molecule has 0 aliphatic carbocycles. The molecule has 1 aromatic carbocycles. The number of thiophene rings is 1. The molecule has 0 spiro atoms. The summed E-state index contributed by atoms with van der Waals surface area (Å²) >= 11 is 1.57. The van der Waals surface area contributed by atoms with Crippen LogP contribution in [0.2, 0.25) is 0 Å². The summed E-state index contributed by atoms with van der Waals surface area (Å²) in [6.45, 7) is 2.41. The second-order valence-corrected chi connectivity index (χ2v) is 4.60. The van der Waals surface area contributed by atoms with Crippen LogP contribution in [0, 0.1) is 22.9 Å². The molecule has 0 atom stereocenters. The highest BCUT2D eigenvalue weighted by Crippen LogP contribution is 2.26. The highest BCUT2D eigenvalue weighted by atomic mass is 32.1. The second kappa shape index (κ2) is 5.14. The van der Waals surface area contributed by atoms with Gasteiger partial charge in [-0.25, -0.2) is 4.39 Å². The number of rotatable bonds is 4. The van der Waals surface area contributed by atoms with Gasteiger partial charge in [-0.1, -0.05) is 0 Å². The largest absolute Gasteiger partial charge is 0.375 e. The fourth-order valence-electron chi connectivity index (χ4n) is 1.57. The Morgan fingerprint density at radius 3 is 2.83 bits per heavy atom. The monoisotopic (exact) mass is 266 g/mol. The van der Waals surface area contributed by atoms with Gasteiger partial charge in [0.25, 0.3) is 5.69 Å². The molecule has 18 heavy (non-hydrogen) atoms. The third-order valence-electron chi connectivity index (χ3n) is 2.59. The molecule has 2 rings (SSSR count). The molecule has 1 heterocycles. The van der Waals surface area contributed by atoms with Crippen LogP contribution in [0.25, 0.3) is 0 Å². The molecular formula is C12H11FN2O2S. The predicted molar refractivity (Wildman–Crippen MR) is 69.4 cm³/mol. The smallest absolute Gasteiger partial charge is 0.292 e. The van der Waals surface area contributed by atoms with Gasteiger partial charge in [-0.15, -0.1) is 0 Å². The molecule has 94 valence electrons. The van der Waals surface area contributed by atoms with E-state index < -0.39 is 10.7 Å². The van der Waals surface area contributed by atoms with Crippen molar-refractivity contribution in [3.63, 3.8) is 0 Å². The molecule has 0 unspecified atom stereocenters. The first kappa shape index (κ1) is 12.5. The maximum Gasteiger partial charge on any atom is 0.292 e. The van der Waals surface area contributed by atoms with E-state index in [1.54, 1.807) is 11.3 Å². The van der Waals surface area contributed by atoms with Crippen molar-refractivity contribution in [3.8, 4) is 0 Å². The molecule has 0 saturated heterocycles. The van der Waals surface area contributed by atoms with Gasteiger partial charge in [-0.05, 0) is 34.9 Å². The summed E-state index contributed by atoms with van der Waals surface area (Å²) in [4.78, 5) is 10.3. The first-order valence-electron chi connectivity index (χ1n) is 5.27. The van der Waals surface area contributed by atoms with Gasteiger partial charge in [0.1, 0.15) is 11.5 Å². The quantitative estimate of drug-likeness (QED) is 0.678. The third-order valence-corrected chi connectivity index (χ3v) is 3.50. The van der Waals surface area contributed by atoms with Crippen molar-refractivity contribution in [2.45, 2.75) is 13.5 Å². The highest BCUT2D eigenvalue weighted by Gasteiger charge is 2.14. The molecule has 0 bridgehead atoms. The molecule has 1 aromatic heterocycles. The first-order valence-corrected chi connectivity index (χ1v) is 6.21. The van der Waals surface area contributed by atoms with Crippen molar-refractivity contribution in [2.75, 3.05) is 5.32 Å². The third kappa shape index (κ3) is 2.65. The van der Waals surface area contributed by atoms with Crippen molar-refractivity contribution >= 4 is 22.7 Å². The molecule has 0 saturated carbocycles. The zero-order valence-electron chi connectivity index (χ0n) is 9.64. The SMILES string of the molecule is Cc1cscc1CNc1cc(F)ccc1[N+](=O)[O-]. The number of anilines is 1. The van der Waals surface area contributed by atoms with Crippen LogP contribution in [0.3, 0.4) is 0 Å². The summed E-state index contributed by atoms with van der Waals surface area (Å²) in [6.07, 6.45) is 0. The van der Waals surface area contributed by atoms with Gasteiger partial charge in [-0.2, -0.15) is 11.3 Å².